The van der Waals surface area contributed by atoms with Crippen molar-refractivity contribution in [3.63, 3.8) is 0 Å². The fraction of sp³-hybridized carbons (Fsp3) is 0.545. The number of thioether (sulfide) groups is 1. The summed E-state index contributed by atoms with van der Waals surface area (Å²) in [6.07, 6.45) is 0.244. The average molecular weight is 312 g/mol. The normalized spacial score (nSPS) is 25.8. The third-order valence-corrected chi connectivity index (χ3v) is 4.09. The Morgan fingerprint density at radius 2 is 2.19 bits per heavy atom. The van der Waals surface area contributed by atoms with Crippen molar-refractivity contribution in [1.29, 1.82) is 0 Å². The van der Waals surface area contributed by atoms with Gasteiger partial charge >= 0.3 is 0 Å². The van der Waals surface area contributed by atoms with Crippen molar-refractivity contribution >= 4 is 34.6 Å². The van der Waals surface area contributed by atoms with Crippen LogP contribution in [0.2, 0.25) is 0 Å². The van der Waals surface area contributed by atoms with Gasteiger partial charge in [-0.15, -0.1) is 11.8 Å². The van der Waals surface area contributed by atoms with E-state index in [4.69, 9.17) is 21.3 Å². The molecule has 0 bridgehead atoms. The van der Waals surface area contributed by atoms with Crippen LogP contribution in [0.5, 0.6) is 0 Å². The molecule has 0 radical (unpaired) electrons. The highest BCUT2D eigenvalue weighted by Crippen LogP contribution is 2.35. The quantitative estimate of drug-likeness (QED) is 0.543. The minimum Gasteiger partial charge on any atom is -0.394 e. The van der Waals surface area contributed by atoms with Gasteiger partial charge in [-0.25, -0.2) is 4.68 Å². The molecule has 2 aromatic heterocycles. The van der Waals surface area contributed by atoms with Gasteiger partial charge in [0.05, 0.1) is 18.1 Å². The zero-order chi connectivity index (χ0) is 15.1. The molecule has 3 heterocycles. The molecule has 0 aliphatic carbocycles. The number of aliphatic hydroxyl groups is 2. The number of ether oxygens (including phenoxy) is 1. The smallest absolute Gasteiger partial charge is 0.224 e. The lowest BCUT2D eigenvalue weighted by atomic mass is 10.2. The summed E-state index contributed by atoms with van der Waals surface area (Å²) >= 11 is 1.41. The molecule has 21 heavy (non-hydrogen) atoms. The first-order valence-corrected chi connectivity index (χ1v) is 7.57. The molecule has 0 spiro atoms. The molecule has 3 rings (SSSR count). The second-order valence-corrected chi connectivity index (χ2v) is 5.53. The number of aromatic nitrogens is 4. The Balaban J connectivity index is 2.11. The number of nitrogen functional groups attached to an aromatic ring is 2. The molecule has 0 amide bonds. The van der Waals surface area contributed by atoms with Crippen molar-refractivity contribution in [2.24, 2.45) is 0 Å². The van der Waals surface area contributed by atoms with Crippen molar-refractivity contribution < 1.29 is 14.9 Å². The van der Waals surface area contributed by atoms with Gasteiger partial charge in [0.15, 0.2) is 11.9 Å². The van der Waals surface area contributed by atoms with Gasteiger partial charge in [-0.2, -0.15) is 15.1 Å². The number of hydrogen-bond acceptors (Lipinski definition) is 9. The molecule has 10 heteroatoms. The average Bonchev–Trinajstić information content (AvgIpc) is 2.98. The Morgan fingerprint density at radius 1 is 1.43 bits per heavy atom. The molecule has 0 unspecified atom stereocenters. The summed E-state index contributed by atoms with van der Waals surface area (Å²) in [6, 6.07) is 0. The van der Waals surface area contributed by atoms with E-state index in [0.29, 0.717) is 22.5 Å². The number of anilines is 2. The third-order valence-electron chi connectivity index (χ3n) is 3.41. The minimum atomic E-state index is -0.756. The van der Waals surface area contributed by atoms with E-state index in [2.05, 4.69) is 15.1 Å². The fourth-order valence-electron chi connectivity index (χ4n) is 2.42. The summed E-state index contributed by atoms with van der Waals surface area (Å²) in [5, 5.41) is 24.7. The van der Waals surface area contributed by atoms with Crippen molar-refractivity contribution in [1.82, 2.24) is 19.7 Å². The van der Waals surface area contributed by atoms with Crippen LogP contribution in [-0.4, -0.2) is 55.0 Å². The Hall–Kier alpha value is -1.62. The van der Waals surface area contributed by atoms with Crippen molar-refractivity contribution in [2.75, 3.05) is 24.3 Å². The highest BCUT2D eigenvalue weighted by Gasteiger charge is 2.36. The highest BCUT2D eigenvalue weighted by molar-refractivity contribution is 7.98. The molecular weight excluding hydrogens is 296 g/mol. The molecule has 0 aromatic carbocycles. The monoisotopic (exact) mass is 312 g/mol. The summed E-state index contributed by atoms with van der Waals surface area (Å²) in [7, 11) is 0. The maximum atomic E-state index is 9.85. The molecular formula is C11H16N6O3S. The standard InChI is InChI=1S/C11H16N6O3S/c1-21-10-7-8(12)14-11(13)15-9(7)17(16-10)6-2-4(19)5(3-18)20-6/h4-6,18-19H,2-3H2,1H3,(H4,12,13,14,15)/t4-,5+,6+/m0/s1. The van der Waals surface area contributed by atoms with Crippen LogP contribution < -0.4 is 11.5 Å². The van der Waals surface area contributed by atoms with Crippen molar-refractivity contribution in [3.05, 3.63) is 0 Å². The number of nitrogens with zero attached hydrogens (tertiary/aromatic N) is 4. The van der Waals surface area contributed by atoms with Gasteiger partial charge in [0, 0.05) is 6.42 Å². The first kappa shape index (κ1) is 14.3. The van der Waals surface area contributed by atoms with Crippen LogP contribution in [0, 0.1) is 0 Å². The van der Waals surface area contributed by atoms with E-state index in [9.17, 15) is 5.11 Å². The molecule has 1 fully saturated rings. The first-order chi connectivity index (χ1) is 10.0. The summed E-state index contributed by atoms with van der Waals surface area (Å²) in [5.41, 5.74) is 12.0. The molecule has 114 valence electrons. The lowest BCUT2D eigenvalue weighted by Crippen LogP contribution is -2.24. The topological polar surface area (TPSA) is 145 Å². The predicted molar refractivity (Wildman–Crippen MR) is 77.5 cm³/mol. The van der Waals surface area contributed by atoms with Crippen LogP contribution >= 0.6 is 11.8 Å². The van der Waals surface area contributed by atoms with Gasteiger partial charge in [0.25, 0.3) is 0 Å². The second-order valence-electron chi connectivity index (χ2n) is 4.73. The molecule has 1 aliphatic rings. The van der Waals surface area contributed by atoms with Crippen LogP contribution in [0.1, 0.15) is 12.6 Å². The third kappa shape index (κ3) is 2.29. The Bertz CT molecular complexity index is 678. The van der Waals surface area contributed by atoms with Crippen molar-refractivity contribution in [3.8, 4) is 0 Å². The van der Waals surface area contributed by atoms with Crippen LogP contribution in [0.3, 0.4) is 0 Å². The summed E-state index contributed by atoms with van der Waals surface area (Å²) < 4.78 is 7.14. The van der Waals surface area contributed by atoms with Gasteiger partial charge in [0.1, 0.15) is 16.9 Å². The molecule has 2 aromatic rings. The van der Waals surface area contributed by atoms with E-state index < -0.39 is 18.4 Å². The molecule has 1 saturated heterocycles. The van der Waals surface area contributed by atoms with Crippen molar-refractivity contribution in [2.45, 2.75) is 29.9 Å². The molecule has 9 nitrogen and oxygen atoms in total. The van der Waals surface area contributed by atoms with E-state index in [-0.39, 0.29) is 18.4 Å². The van der Waals surface area contributed by atoms with E-state index in [1.54, 1.807) is 0 Å². The van der Waals surface area contributed by atoms with E-state index in [0.717, 1.165) is 0 Å². The maximum absolute atomic E-state index is 9.85. The van der Waals surface area contributed by atoms with Crippen LogP contribution in [0.25, 0.3) is 11.0 Å². The van der Waals surface area contributed by atoms with E-state index in [1.807, 2.05) is 6.26 Å². The lowest BCUT2D eigenvalue weighted by molar-refractivity contribution is -0.0473. The van der Waals surface area contributed by atoms with Gasteiger partial charge in [0.2, 0.25) is 5.95 Å². The fourth-order valence-corrected chi connectivity index (χ4v) is 2.99. The number of fused-ring (bicyclic) bond motifs is 1. The first-order valence-electron chi connectivity index (χ1n) is 6.34. The predicted octanol–water partition coefficient (Wildman–Crippen LogP) is -0.647. The lowest BCUT2D eigenvalue weighted by Gasteiger charge is -2.12. The number of aliphatic hydroxyl groups excluding tert-OH is 2. The second kappa shape index (κ2) is 5.30. The van der Waals surface area contributed by atoms with Gasteiger partial charge in [-0.3, -0.25) is 0 Å². The summed E-state index contributed by atoms with van der Waals surface area (Å²) in [6.45, 7) is -0.258. The Labute approximate surface area is 124 Å². The highest BCUT2D eigenvalue weighted by atomic mass is 32.2. The van der Waals surface area contributed by atoms with Crippen LogP contribution in [0.4, 0.5) is 11.8 Å². The molecule has 6 N–H and O–H groups in total. The maximum Gasteiger partial charge on any atom is 0.224 e. The van der Waals surface area contributed by atoms with Crippen LogP contribution in [-0.2, 0) is 4.74 Å². The molecule has 3 atom stereocenters. The number of rotatable bonds is 3. The number of nitrogens with two attached hydrogens (primary N) is 2. The van der Waals surface area contributed by atoms with E-state index >= 15 is 0 Å². The molecule has 0 saturated carbocycles. The van der Waals surface area contributed by atoms with Gasteiger partial charge in [-0.05, 0) is 6.26 Å². The summed E-state index contributed by atoms with van der Waals surface area (Å²) in [4.78, 5) is 8.12. The SMILES string of the molecule is CSc1nn([C@H]2C[C@H](O)[C@@H](CO)O2)c2nc(N)nc(N)c12. The Morgan fingerprint density at radius 3 is 2.81 bits per heavy atom. The van der Waals surface area contributed by atoms with Gasteiger partial charge in [-0.1, -0.05) is 0 Å². The van der Waals surface area contributed by atoms with Gasteiger partial charge < -0.3 is 26.4 Å². The zero-order valence-electron chi connectivity index (χ0n) is 11.3. The Kier molecular flexibility index (Phi) is 3.61. The van der Waals surface area contributed by atoms with E-state index in [1.165, 1.54) is 16.4 Å². The summed E-state index contributed by atoms with van der Waals surface area (Å²) in [5.74, 6) is 0.302. The zero-order valence-corrected chi connectivity index (χ0v) is 12.1. The minimum absolute atomic E-state index is 0.0473. The largest absolute Gasteiger partial charge is 0.394 e. The van der Waals surface area contributed by atoms with Crippen LogP contribution in [0.15, 0.2) is 5.03 Å². The molecule has 1 aliphatic heterocycles. The number of hydrogen-bond donors (Lipinski definition) is 4.